The van der Waals surface area contributed by atoms with Gasteiger partial charge in [0.15, 0.2) is 0 Å². The number of rotatable bonds is 8. The summed E-state index contributed by atoms with van der Waals surface area (Å²) in [6, 6.07) is 12.8. The SMILES string of the molecule is O=C(NCCN1CCCC1)N(Cc1ccc(-c2nnc(C(F)F)o2)cc1F)c1ccccc1. The van der Waals surface area contributed by atoms with Crippen LogP contribution in [0.15, 0.2) is 52.9 Å². The molecule has 33 heavy (non-hydrogen) atoms. The maximum atomic E-state index is 14.9. The number of hydrogen-bond acceptors (Lipinski definition) is 5. The van der Waals surface area contributed by atoms with Crippen LogP contribution in [-0.2, 0) is 6.54 Å². The molecule has 2 heterocycles. The van der Waals surface area contributed by atoms with Crippen LogP contribution in [0.1, 0.15) is 30.7 Å². The van der Waals surface area contributed by atoms with Crippen LogP contribution < -0.4 is 10.2 Å². The Hall–Kier alpha value is -3.40. The first-order chi connectivity index (χ1) is 16.0. The summed E-state index contributed by atoms with van der Waals surface area (Å²) >= 11 is 0. The molecule has 7 nitrogen and oxygen atoms in total. The molecule has 3 aromatic rings. The summed E-state index contributed by atoms with van der Waals surface area (Å²) in [4.78, 5) is 16.7. The van der Waals surface area contributed by atoms with E-state index >= 15 is 0 Å². The molecule has 0 saturated carbocycles. The molecule has 1 aliphatic heterocycles. The van der Waals surface area contributed by atoms with Gasteiger partial charge in [0, 0.05) is 29.9 Å². The van der Waals surface area contributed by atoms with Crippen molar-refractivity contribution in [3.05, 3.63) is 65.8 Å². The summed E-state index contributed by atoms with van der Waals surface area (Å²) in [6.45, 7) is 3.32. The fourth-order valence-electron chi connectivity index (χ4n) is 3.73. The molecule has 1 fully saturated rings. The van der Waals surface area contributed by atoms with Crippen molar-refractivity contribution in [1.29, 1.82) is 0 Å². The fraction of sp³-hybridized carbons (Fsp3) is 0.348. The number of benzene rings is 2. The van der Waals surface area contributed by atoms with Crippen molar-refractivity contribution in [2.24, 2.45) is 0 Å². The minimum atomic E-state index is -2.90. The molecule has 1 N–H and O–H groups in total. The van der Waals surface area contributed by atoms with E-state index in [2.05, 4.69) is 20.4 Å². The number of para-hydroxylation sites is 1. The van der Waals surface area contributed by atoms with Crippen LogP contribution >= 0.6 is 0 Å². The molecule has 10 heteroatoms. The molecule has 0 bridgehead atoms. The van der Waals surface area contributed by atoms with E-state index in [9.17, 15) is 18.0 Å². The molecule has 0 unspecified atom stereocenters. The maximum Gasteiger partial charge on any atom is 0.322 e. The highest BCUT2D eigenvalue weighted by atomic mass is 19.3. The molecular formula is C23H24F3N5O2. The smallest absolute Gasteiger partial charge is 0.322 e. The number of amides is 2. The van der Waals surface area contributed by atoms with Crippen molar-refractivity contribution in [2.75, 3.05) is 31.1 Å². The van der Waals surface area contributed by atoms with E-state index in [0.717, 1.165) is 25.7 Å². The highest BCUT2D eigenvalue weighted by Crippen LogP contribution is 2.26. The predicted molar refractivity (Wildman–Crippen MR) is 116 cm³/mol. The summed E-state index contributed by atoms with van der Waals surface area (Å²) < 4.78 is 45.1. The van der Waals surface area contributed by atoms with Gasteiger partial charge in [0.25, 0.3) is 5.89 Å². The van der Waals surface area contributed by atoms with Gasteiger partial charge in [-0.05, 0) is 50.2 Å². The molecule has 2 amide bonds. The zero-order valence-corrected chi connectivity index (χ0v) is 17.9. The zero-order valence-electron chi connectivity index (χ0n) is 17.9. The number of carbonyl (C=O) groups is 1. The van der Waals surface area contributed by atoms with Crippen molar-refractivity contribution in [3.8, 4) is 11.5 Å². The Bertz CT molecular complexity index is 1070. The van der Waals surface area contributed by atoms with Crippen LogP contribution in [0.2, 0.25) is 0 Å². The second-order valence-corrected chi connectivity index (χ2v) is 7.75. The zero-order chi connectivity index (χ0) is 23.2. The van der Waals surface area contributed by atoms with Crippen molar-refractivity contribution < 1.29 is 22.4 Å². The number of likely N-dealkylation sites (tertiary alicyclic amines) is 1. The van der Waals surface area contributed by atoms with E-state index < -0.39 is 18.1 Å². The maximum absolute atomic E-state index is 14.9. The quantitative estimate of drug-likeness (QED) is 0.532. The first-order valence-electron chi connectivity index (χ1n) is 10.7. The van der Waals surface area contributed by atoms with Gasteiger partial charge in [-0.25, -0.2) is 9.18 Å². The lowest BCUT2D eigenvalue weighted by Gasteiger charge is -2.24. The number of anilines is 1. The Morgan fingerprint density at radius 1 is 1.12 bits per heavy atom. The molecule has 1 saturated heterocycles. The third-order valence-corrected chi connectivity index (χ3v) is 5.47. The average Bonchev–Trinajstić information content (AvgIpc) is 3.51. The summed E-state index contributed by atoms with van der Waals surface area (Å²) in [5, 5.41) is 9.72. The summed E-state index contributed by atoms with van der Waals surface area (Å²) in [7, 11) is 0. The van der Waals surface area contributed by atoms with Crippen molar-refractivity contribution >= 4 is 11.7 Å². The molecule has 174 valence electrons. The van der Waals surface area contributed by atoms with Gasteiger partial charge in [0.2, 0.25) is 5.89 Å². The monoisotopic (exact) mass is 459 g/mol. The Labute approximate surface area is 189 Å². The summed E-state index contributed by atoms with van der Waals surface area (Å²) in [6.07, 6.45) is -0.558. The van der Waals surface area contributed by atoms with Crippen molar-refractivity contribution in [3.63, 3.8) is 0 Å². The second-order valence-electron chi connectivity index (χ2n) is 7.75. The largest absolute Gasteiger partial charge is 0.415 e. The van der Waals surface area contributed by atoms with Crippen LogP contribution in [0.3, 0.4) is 0 Å². The number of halogens is 3. The molecule has 1 aromatic heterocycles. The number of alkyl halides is 2. The molecule has 1 aliphatic rings. The number of urea groups is 1. The van der Waals surface area contributed by atoms with E-state index in [0.29, 0.717) is 12.2 Å². The van der Waals surface area contributed by atoms with E-state index in [4.69, 9.17) is 4.42 Å². The minimum Gasteiger partial charge on any atom is -0.415 e. The van der Waals surface area contributed by atoms with Gasteiger partial charge in [0.1, 0.15) is 5.82 Å². The molecule has 4 rings (SSSR count). The van der Waals surface area contributed by atoms with Crippen molar-refractivity contribution in [2.45, 2.75) is 25.8 Å². The first kappa shape index (κ1) is 22.8. The van der Waals surface area contributed by atoms with Gasteiger partial charge in [-0.2, -0.15) is 8.78 Å². The lowest BCUT2D eigenvalue weighted by Crippen LogP contribution is -2.42. The predicted octanol–water partition coefficient (Wildman–Crippen LogP) is 4.63. The average molecular weight is 459 g/mol. The Kier molecular flexibility index (Phi) is 7.23. The van der Waals surface area contributed by atoms with Gasteiger partial charge in [0.05, 0.1) is 6.54 Å². The lowest BCUT2D eigenvalue weighted by atomic mass is 10.1. The third kappa shape index (κ3) is 5.70. The number of nitrogens with one attached hydrogen (secondary N) is 1. The lowest BCUT2D eigenvalue weighted by molar-refractivity contribution is 0.116. The molecule has 0 radical (unpaired) electrons. The Balaban J connectivity index is 1.48. The van der Waals surface area contributed by atoms with Crippen LogP contribution in [0.25, 0.3) is 11.5 Å². The van der Waals surface area contributed by atoms with E-state index in [-0.39, 0.29) is 29.6 Å². The van der Waals surface area contributed by atoms with Crippen LogP contribution in [0, 0.1) is 5.82 Å². The number of nitrogens with zero attached hydrogens (tertiary/aromatic N) is 4. The van der Waals surface area contributed by atoms with Crippen LogP contribution in [-0.4, -0.2) is 47.3 Å². The normalized spacial score (nSPS) is 14.1. The van der Waals surface area contributed by atoms with Crippen LogP contribution in [0.5, 0.6) is 0 Å². The van der Waals surface area contributed by atoms with Gasteiger partial charge >= 0.3 is 12.5 Å². The molecule has 0 spiro atoms. The van der Waals surface area contributed by atoms with E-state index in [1.54, 1.807) is 24.3 Å². The van der Waals surface area contributed by atoms with Gasteiger partial charge in [-0.15, -0.1) is 10.2 Å². The number of carbonyl (C=O) groups excluding carboxylic acids is 1. The van der Waals surface area contributed by atoms with Gasteiger partial charge in [-0.3, -0.25) is 4.90 Å². The molecular weight excluding hydrogens is 435 g/mol. The van der Waals surface area contributed by atoms with Gasteiger partial charge < -0.3 is 14.6 Å². The minimum absolute atomic E-state index is 0.0161. The fourth-order valence-corrected chi connectivity index (χ4v) is 3.73. The van der Waals surface area contributed by atoms with Gasteiger partial charge in [-0.1, -0.05) is 24.3 Å². The Morgan fingerprint density at radius 3 is 2.55 bits per heavy atom. The number of hydrogen-bond donors (Lipinski definition) is 1. The summed E-state index contributed by atoms with van der Waals surface area (Å²) in [5.41, 5.74) is 1.06. The Morgan fingerprint density at radius 2 is 1.88 bits per heavy atom. The van der Waals surface area contributed by atoms with E-state index in [1.165, 1.54) is 29.9 Å². The first-order valence-corrected chi connectivity index (χ1v) is 10.7. The molecule has 0 atom stereocenters. The highest BCUT2D eigenvalue weighted by Gasteiger charge is 2.21. The summed E-state index contributed by atoms with van der Waals surface area (Å²) in [5.74, 6) is -1.64. The molecule has 2 aromatic carbocycles. The van der Waals surface area contributed by atoms with Crippen molar-refractivity contribution in [1.82, 2.24) is 20.4 Å². The standard InChI is InChI=1S/C23H24F3N5O2/c24-19-14-16(21-28-29-22(33-21)20(25)26)8-9-17(19)15-31(18-6-2-1-3-7-18)23(32)27-10-13-30-11-4-5-12-30/h1-3,6-9,14,20H,4-5,10-13,15H2,(H,27,32). The topological polar surface area (TPSA) is 74.5 Å². The highest BCUT2D eigenvalue weighted by molar-refractivity contribution is 5.91. The molecule has 0 aliphatic carbocycles. The second kappa shape index (κ2) is 10.5. The third-order valence-electron chi connectivity index (χ3n) is 5.47. The van der Waals surface area contributed by atoms with E-state index in [1.807, 2.05) is 6.07 Å². The van der Waals surface area contributed by atoms with Crippen LogP contribution in [0.4, 0.5) is 23.7 Å². The number of aromatic nitrogens is 2.